The van der Waals surface area contributed by atoms with Crippen LogP contribution in [0.15, 0.2) is 65.7 Å². The number of rotatable bonds is 2. The summed E-state index contributed by atoms with van der Waals surface area (Å²) in [6, 6.07) is 19.5. The average Bonchev–Trinajstić information content (AvgIpc) is 2.90. The van der Waals surface area contributed by atoms with Crippen molar-refractivity contribution < 1.29 is 4.79 Å². The summed E-state index contributed by atoms with van der Waals surface area (Å²) in [6.45, 7) is 2.51. The minimum absolute atomic E-state index is 0.0188. The number of hydrogen-bond donors (Lipinski definition) is 0. The fourth-order valence-electron chi connectivity index (χ4n) is 2.46. The predicted octanol–water partition coefficient (Wildman–Crippen LogP) is 3.30. The van der Waals surface area contributed by atoms with Gasteiger partial charge in [0.2, 0.25) is 0 Å². The Hall–Kier alpha value is -2.42. The lowest BCUT2D eigenvalue weighted by Gasteiger charge is -2.17. The maximum absolute atomic E-state index is 12.5. The summed E-state index contributed by atoms with van der Waals surface area (Å²) >= 11 is 0. The maximum Gasteiger partial charge on any atom is 0.259 e. The van der Waals surface area contributed by atoms with Gasteiger partial charge in [0.1, 0.15) is 5.84 Å². The number of carbonyl (C=O) groups excluding carboxylic acids is 1. The van der Waals surface area contributed by atoms with Gasteiger partial charge in [-0.05, 0) is 24.6 Å². The van der Waals surface area contributed by atoms with E-state index in [4.69, 9.17) is 0 Å². The smallest absolute Gasteiger partial charge is 0.259 e. The summed E-state index contributed by atoms with van der Waals surface area (Å²) in [7, 11) is 0. The third-order valence-electron chi connectivity index (χ3n) is 3.54. The number of benzene rings is 2. The summed E-state index contributed by atoms with van der Waals surface area (Å²) in [5, 5.41) is 0. The van der Waals surface area contributed by atoms with E-state index in [9.17, 15) is 4.79 Å². The first kappa shape index (κ1) is 12.6. The van der Waals surface area contributed by atoms with Crippen LogP contribution in [-0.2, 0) is 0 Å². The van der Waals surface area contributed by atoms with E-state index in [1.54, 1.807) is 4.90 Å². The Kier molecular flexibility index (Phi) is 3.33. The van der Waals surface area contributed by atoms with Crippen molar-refractivity contribution >= 4 is 11.7 Å². The van der Waals surface area contributed by atoms with Gasteiger partial charge in [-0.15, -0.1) is 0 Å². The van der Waals surface area contributed by atoms with Crippen molar-refractivity contribution in [2.75, 3.05) is 6.54 Å². The third kappa shape index (κ3) is 2.35. The molecule has 20 heavy (non-hydrogen) atoms. The second-order valence-corrected chi connectivity index (χ2v) is 4.88. The lowest BCUT2D eigenvalue weighted by Crippen LogP contribution is -2.33. The fraction of sp³-hybridized carbons (Fsp3) is 0.176. The first-order valence-electron chi connectivity index (χ1n) is 6.72. The zero-order chi connectivity index (χ0) is 13.9. The highest BCUT2D eigenvalue weighted by Crippen LogP contribution is 2.25. The number of amides is 1. The number of hydrogen-bond acceptors (Lipinski definition) is 2. The van der Waals surface area contributed by atoms with Gasteiger partial charge in [0.15, 0.2) is 0 Å². The first-order chi connectivity index (χ1) is 9.75. The number of nitrogens with zero attached hydrogens (tertiary/aromatic N) is 2. The molecule has 2 aromatic carbocycles. The molecule has 3 heteroatoms. The molecule has 0 radical (unpaired) electrons. The molecule has 0 unspecified atom stereocenters. The molecule has 0 spiro atoms. The van der Waals surface area contributed by atoms with Crippen molar-refractivity contribution in [3.8, 4) is 0 Å². The molecule has 0 aromatic heterocycles. The average molecular weight is 264 g/mol. The van der Waals surface area contributed by atoms with Crippen molar-refractivity contribution in [2.45, 2.75) is 13.0 Å². The minimum Gasteiger partial charge on any atom is -0.294 e. The Morgan fingerprint density at radius 2 is 1.65 bits per heavy atom. The van der Waals surface area contributed by atoms with Gasteiger partial charge < -0.3 is 0 Å². The lowest BCUT2D eigenvalue weighted by molar-refractivity contribution is 0.0852. The topological polar surface area (TPSA) is 32.7 Å². The van der Waals surface area contributed by atoms with E-state index in [0.717, 1.165) is 11.4 Å². The van der Waals surface area contributed by atoms with Gasteiger partial charge in [0, 0.05) is 5.56 Å². The highest BCUT2D eigenvalue weighted by Gasteiger charge is 2.28. The van der Waals surface area contributed by atoms with Gasteiger partial charge in [0.05, 0.1) is 12.6 Å². The van der Waals surface area contributed by atoms with E-state index in [2.05, 4.69) is 17.1 Å². The van der Waals surface area contributed by atoms with Crippen molar-refractivity contribution in [3.05, 3.63) is 71.8 Å². The van der Waals surface area contributed by atoms with Gasteiger partial charge in [-0.25, -0.2) is 0 Å². The van der Waals surface area contributed by atoms with E-state index in [1.165, 1.54) is 0 Å². The summed E-state index contributed by atoms with van der Waals surface area (Å²) in [5.41, 5.74) is 1.85. The molecule has 0 aliphatic carbocycles. The molecule has 0 N–H and O–H groups in total. The van der Waals surface area contributed by atoms with Crippen LogP contribution in [0.5, 0.6) is 0 Å². The zero-order valence-electron chi connectivity index (χ0n) is 11.4. The van der Waals surface area contributed by atoms with Gasteiger partial charge in [-0.1, -0.05) is 48.5 Å². The number of aliphatic imine (C=N–C) groups is 1. The van der Waals surface area contributed by atoms with Crippen LogP contribution in [0.4, 0.5) is 0 Å². The summed E-state index contributed by atoms with van der Waals surface area (Å²) < 4.78 is 0. The van der Waals surface area contributed by atoms with E-state index >= 15 is 0 Å². The summed E-state index contributed by atoms with van der Waals surface area (Å²) in [6.07, 6.45) is 0. The molecule has 100 valence electrons. The minimum atomic E-state index is 0.0188. The lowest BCUT2D eigenvalue weighted by atomic mass is 10.1. The quantitative estimate of drug-likeness (QED) is 0.819. The summed E-state index contributed by atoms with van der Waals surface area (Å²) in [5.74, 6) is 0.804. The first-order valence-corrected chi connectivity index (χ1v) is 6.72. The van der Waals surface area contributed by atoms with Crippen LogP contribution in [0.25, 0.3) is 0 Å². The fourth-order valence-corrected chi connectivity index (χ4v) is 2.46. The molecular weight excluding hydrogens is 248 g/mol. The Bertz CT molecular complexity index is 635. The molecule has 2 aromatic rings. The van der Waals surface area contributed by atoms with Crippen LogP contribution >= 0.6 is 0 Å². The molecule has 1 amide bonds. The van der Waals surface area contributed by atoms with Crippen LogP contribution in [-0.4, -0.2) is 23.2 Å². The molecule has 3 nitrogen and oxygen atoms in total. The third-order valence-corrected chi connectivity index (χ3v) is 3.54. The van der Waals surface area contributed by atoms with E-state index < -0.39 is 0 Å². The summed E-state index contributed by atoms with van der Waals surface area (Å²) in [4.78, 5) is 18.8. The van der Waals surface area contributed by atoms with Crippen molar-refractivity contribution in [2.24, 2.45) is 4.99 Å². The second-order valence-electron chi connectivity index (χ2n) is 4.88. The Balaban J connectivity index is 1.81. The molecule has 0 saturated heterocycles. The van der Waals surface area contributed by atoms with E-state index in [-0.39, 0.29) is 11.9 Å². The zero-order valence-corrected chi connectivity index (χ0v) is 11.4. The number of carbonyl (C=O) groups is 1. The molecule has 1 aliphatic heterocycles. The van der Waals surface area contributed by atoms with Crippen LogP contribution in [0, 0.1) is 0 Å². The SMILES string of the molecule is CC1=N[C@H](c2ccccc2)CN1C(=O)c1ccccc1. The predicted molar refractivity (Wildman–Crippen MR) is 79.8 cm³/mol. The second kappa shape index (κ2) is 5.29. The largest absolute Gasteiger partial charge is 0.294 e. The standard InChI is InChI=1S/C17H16N2O/c1-13-18-16(14-8-4-2-5-9-14)12-19(13)17(20)15-10-6-3-7-11-15/h2-11,16H,12H2,1H3/t16-/m0/s1. The molecular formula is C17H16N2O. The Labute approximate surface area is 118 Å². The highest BCUT2D eigenvalue weighted by molar-refractivity contribution is 6.06. The monoisotopic (exact) mass is 264 g/mol. The molecule has 3 rings (SSSR count). The Morgan fingerprint density at radius 1 is 1.05 bits per heavy atom. The molecule has 1 aliphatic rings. The Morgan fingerprint density at radius 3 is 2.30 bits per heavy atom. The maximum atomic E-state index is 12.5. The van der Waals surface area contributed by atoms with Gasteiger partial charge in [0.25, 0.3) is 5.91 Å². The van der Waals surface area contributed by atoms with Gasteiger partial charge in [-0.2, -0.15) is 0 Å². The van der Waals surface area contributed by atoms with Crippen LogP contribution in [0.2, 0.25) is 0 Å². The van der Waals surface area contributed by atoms with Crippen molar-refractivity contribution in [1.82, 2.24) is 4.90 Å². The van der Waals surface area contributed by atoms with E-state index in [1.807, 2.05) is 55.5 Å². The van der Waals surface area contributed by atoms with Gasteiger partial charge >= 0.3 is 0 Å². The van der Waals surface area contributed by atoms with Gasteiger partial charge in [-0.3, -0.25) is 14.7 Å². The number of amidine groups is 1. The molecule has 1 heterocycles. The van der Waals surface area contributed by atoms with Crippen LogP contribution < -0.4 is 0 Å². The molecule has 0 saturated carbocycles. The molecule has 0 fully saturated rings. The van der Waals surface area contributed by atoms with E-state index in [0.29, 0.717) is 12.1 Å². The van der Waals surface area contributed by atoms with Crippen molar-refractivity contribution in [1.29, 1.82) is 0 Å². The normalized spacial score (nSPS) is 17.9. The van der Waals surface area contributed by atoms with Crippen LogP contribution in [0.3, 0.4) is 0 Å². The molecule has 1 atom stereocenters. The van der Waals surface area contributed by atoms with Crippen molar-refractivity contribution in [3.63, 3.8) is 0 Å². The molecule has 0 bridgehead atoms. The van der Waals surface area contributed by atoms with Crippen LogP contribution in [0.1, 0.15) is 28.9 Å². The highest BCUT2D eigenvalue weighted by atomic mass is 16.2.